The monoisotopic (exact) mass is 291 g/mol. The standard InChI is InChI=1S/C16H21NO4/c1-21-16(20)13-6-4-12(5-7-13)11-17-10-2-3-14(17)8-9-15(18)19/h4-7,14H,2-3,8-11H2,1H3,(H,18,19). The molecule has 1 N–H and O–H groups in total. The maximum absolute atomic E-state index is 11.4. The molecule has 0 bridgehead atoms. The van der Waals surface area contributed by atoms with Crippen LogP contribution in [-0.2, 0) is 16.1 Å². The lowest BCUT2D eigenvalue weighted by Gasteiger charge is -2.24. The second-order valence-electron chi connectivity index (χ2n) is 5.39. The highest BCUT2D eigenvalue weighted by molar-refractivity contribution is 5.89. The third-order valence-corrected chi connectivity index (χ3v) is 3.95. The summed E-state index contributed by atoms with van der Waals surface area (Å²) in [6.45, 7) is 1.80. The van der Waals surface area contributed by atoms with Crippen LogP contribution < -0.4 is 0 Å². The lowest BCUT2D eigenvalue weighted by Crippen LogP contribution is -2.29. The van der Waals surface area contributed by atoms with E-state index in [1.165, 1.54) is 7.11 Å². The average Bonchev–Trinajstić information content (AvgIpc) is 2.92. The molecular formula is C16H21NO4. The number of carbonyl (C=O) groups is 2. The number of hydrogen-bond acceptors (Lipinski definition) is 4. The lowest BCUT2D eigenvalue weighted by atomic mass is 10.1. The fourth-order valence-corrected chi connectivity index (χ4v) is 2.82. The maximum atomic E-state index is 11.4. The number of carboxylic acid groups (broad SMARTS) is 1. The first-order chi connectivity index (χ1) is 10.1. The molecule has 0 spiro atoms. The van der Waals surface area contributed by atoms with E-state index in [0.717, 1.165) is 31.5 Å². The topological polar surface area (TPSA) is 66.8 Å². The molecule has 1 saturated heterocycles. The van der Waals surface area contributed by atoms with Gasteiger partial charge in [-0.05, 0) is 43.5 Å². The Morgan fingerprint density at radius 3 is 2.67 bits per heavy atom. The Labute approximate surface area is 124 Å². The van der Waals surface area contributed by atoms with Gasteiger partial charge in [0.2, 0.25) is 0 Å². The molecule has 1 heterocycles. The summed E-state index contributed by atoms with van der Waals surface area (Å²) in [6, 6.07) is 7.74. The van der Waals surface area contributed by atoms with Gasteiger partial charge < -0.3 is 9.84 Å². The Morgan fingerprint density at radius 2 is 2.05 bits per heavy atom. The van der Waals surface area contributed by atoms with E-state index in [9.17, 15) is 9.59 Å². The number of carbonyl (C=O) groups excluding carboxylic acids is 1. The highest BCUT2D eigenvalue weighted by atomic mass is 16.5. The number of benzene rings is 1. The van der Waals surface area contributed by atoms with Gasteiger partial charge in [0.15, 0.2) is 0 Å². The van der Waals surface area contributed by atoms with Crippen molar-refractivity contribution in [2.24, 2.45) is 0 Å². The van der Waals surface area contributed by atoms with E-state index in [4.69, 9.17) is 5.11 Å². The number of methoxy groups -OCH3 is 1. The van der Waals surface area contributed by atoms with Crippen molar-refractivity contribution in [1.29, 1.82) is 0 Å². The number of esters is 1. The molecule has 1 fully saturated rings. The van der Waals surface area contributed by atoms with Crippen molar-refractivity contribution in [3.63, 3.8) is 0 Å². The van der Waals surface area contributed by atoms with Gasteiger partial charge in [-0.25, -0.2) is 4.79 Å². The molecule has 2 rings (SSSR count). The average molecular weight is 291 g/mol. The van der Waals surface area contributed by atoms with Crippen LogP contribution in [0.2, 0.25) is 0 Å². The molecule has 0 radical (unpaired) electrons. The minimum atomic E-state index is -0.732. The maximum Gasteiger partial charge on any atom is 0.337 e. The van der Waals surface area contributed by atoms with Gasteiger partial charge in [-0.15, -0.1) is 0 Å². The number of hydrogen-bond donors (Lipinski definition) is 1. The van der Waals surface area contributed by atoms with E-state index in [0.29, 0.717) is 18.0 Å². The van der Waals surface area contributed by atoms with Gasteiger partial charge in [0, 0.05) is 19.0 Å². The fourth-order valence-electron chi connectivity index (χ4n) is 2.82. The summed E-state index contributed by atoms with van der Waals surface area (Å²) in [4.78, 5) is 24.4. The first kappa shape index (κ1) is 15.5. The van der Waals surface area contributed by atoms with Crippen LogP contribution in [0.5, 0.6) is 0 Å². The molecular weight excluding hydrogens is 270 g/mol. The van der Waals surface area contributed by atoms with E-state index >= 15 is 0 Å². The summed E-state index contributed by atoms with van der Waals surface area (Å²) in [5.41, 5.74) is 1.68. The van der Waals surface area contributed by atoms with E-state index in [1.807, 2.05) is 12.1 Å². The third kappa shape index (κ3) is 4.29. The fraction of sp³-hybridized carbons (Fsp3) is 0.500. The summed E-state index contributed by atoms with van der Waals surface area (Å²) < 4.78 is 4.68. The minimum Gasteiger partial charge on any atom is -0.481 e. The Hall–Kier alpha value is -1.88. The molecule has 0 saturated carbocycles. The van der Waals surface area contributed by atoms with Gasteiger partial charge >= 0.3 is 11.9 Å². The quantitative estimate of drug-likeness (QED) is 0.815. The van der Waals surface area contributed by atoms with Crippen molar-refractivity contribution in [2.75, 3.05) is 13.7 Å². The number of aliphatic carboxylic acids is 1. The Balaban J connectivity index is 1.93. The third-order valence-electron chi connectivity index (χ3n) is 3.95. The normalized spacial score (nSPS) is 18.6. The molecule has 1 aliphatic rings. The molecule has 0 amide bonds. The van der Waals surface area contributed by atoms with E-state index in [-0.39, 0.29) is 12.4 Å². The number of carboxylic acids is 1. The zero-order chi connectivity index (χ0) is 15.2. The van der Waals surface area contributed by atoms with Crippen molar-refractivity contribution in [3.8, 4) is 0 Å². The van der Waals surface area contributed by atoms with Crippen molar-refractivity contribution >= 4 is 11.9 Å². The molecule has 1 aliphatic heterocycles. The van der Waals surface area contributed by atoms with Crippen molar-refractivity contribution in [3.05, 3.63) is 35.4 Å². The number of rotatable bonds is 6. The van der Waals surface area contributed by atoms with Gasteiger partial charge in [-0.3, -0.25) is 9.69 Å². The molecule has 5 nitrogen and oxygen atoms in total. The summed E-state index contributed by atoms with van der Waals surface area (Å²) in [5.74, 6) is -1.06. The van der Waals surface area contributed by atoms with Crippen LogP contribution in [0, 0.1) is 0 Å². The second kappa shape index (κ2) is 7.22. The minimum absolute atomic E-state index is 0.225. The van der Waals surface area contributed by atoms with Crippen molar-refractivity contribution in [1.82, 2.24) is 4.90 Å². The van der Waals surface area contributed by atoms with Crippen LogP contribution >= 0.6 is 0 Å². The van der Waals surface area contributed by atoms with Crippen LogP contribution in [0.4, 0.5) is 0 Å². The molecule has 0 aromatic heterocycles. The Morgan fingerprint density at radius 1 is 1.33 bits per heavy atom. The van der Waals surface area contributed by atoms with Gasteiger partial charge in [-0.1, -0.05) is 12.1 Å². The zero-order valence-electron chi connectivity index (χ0n) is 12.2. The van der Waals surface area contributed by atoms with Gasteiger partial charge in [0.05, 0.1) is 12.7 Å². The molecule has 21 heavy (non-hydrogen) atoms. The number of ether oxygens (including phenoxy) is 1. The smallest absolute Gasteiger partial charge is 0.337 e. The van der Waals surface area contributed by atoms with Crippen molar-refractivity contribution in [2.45, 2.75) is 38.3 Å². The van der Waals surface area contributed by atoms with E-state index in [1.54, 1.807) is 12.1 Å². The molecule has 5 heteroatoms. The molecule has 0 aliphatic carbocycles. The number of nitrogens with zero attached hydrogens (tertiary/aromatic N) is 1. The highest BCUT2D eigenvalue weighted by Gasteiger charge is 2.24. The predicted octanol–water partition coefficient (Wildman–Crippen LogP) is 2.30. The molecule has 1 unspecified atom stereocenters. The van der Waals surface area contributed by atoms with Crippen molar-refractivity contribution < 1.29 is 19.4 Å². The van der Waals surface area contributed by atoms with Crippen LogP contribution in [0.1, 0.15) is 41.6 Å². The lowest BCUT2D eigenvalue weighted by molar-refractivity contribution is -0.137. The largest absolute Gasteiger partial charge is 0.481 e. The molecule has 1 aromatic carbocycles. The van der Waals surface area contributed by atoms with Gasteiger partial charge in [0.25, 0.3) is 0 Å². The van der Waals surface area contributed by atoms with Crippen LogP contribution in [0.3, 0.4) is 0 Å². The summed E-state index contributed by atoms with van der Waals surface area (Å²) in [6.07, 6.45) is 3.11. The number of likely N-dealkylation sites (tertiary alicyclic amines) is 1. The van der Waals surface area contributed by atoms with Gasteiger partial charge in [-0.2, -0.15) is 0 Å². The SMILES string of the molecule is COC(=O)c1ccc(CN2CCCC2CCC(=O)O)cc1. The van der Waals surface area contributed by atoms with Crippen LogP contribution in [0.25, 0.3) is 0 Å². The second-order valence-corrected chi connectivity index (χ2v) is 5.39. The van der Waals surface area contributed by atoms with Crippen LogP contribution in [-0.4, -0.2) is 41.6 Å². The Bertz CT molecular complexity index is 498. The van der Waals surface area contributed by atoms with E-state index < -0.39 is 5.97 Å². The summed E-state index contributed by atoms with van der Waals surface area (Å²) in [7, 11) is 1.37. The zero-order valence-corrected chi connectivity index (χ0v) is 12.2. The van der Waals surface area contributed by atoms with Gasteiger partial charge in [0.1, 0.15) is 0 Å². The van der Waals surface area contributed by atoms with E-state index in [2.05, 4.69) is 9.64 Å². The molecule has 1 aromatic rings. The highest BCUT2D eigenvalue weighted by Crippen LogP contribution is 2.23. The van der Waals surface area contributed by atoms with Crippen LogP contribution in [0.15, 0.2) is 24.3 Å². The summed E-state index contributed by atoms with van der Waals surface area (Å²) in [5, 5.41) is 8.79. The Kier molecular flexibility index (Phi) is 5.33. The summed E-state index contributed by atoms with van der Waals surface area (Å²) >= 11 is 0. The first-order valence-corrected chi connectivity index (χ1v) is 7.23. The first-order valence-electron chi connectivity index (χ1n) is 7.23. The molecule has 1 atom stereocenters. The molecule has 114 valence electrons. The predicted molar refractivity (Wildman–Crippen MR) is 78.1 cm³/mol.